The van der Waals surface area contributed by atoms with Gasteiger partial charge in [-0.15, -0.1) is 0 Å². The maximum absolute atomic E-state index is 10.7. The van der Waals surface area contributed by atoms with E-state index >= 15 is 0 Å². The van der Waals surface area contributed by atoms with E-state index in [2.05, 4.69) is 10.2 Å². The molecule has 0 saturated carbocycles. The number of carbonyl (C=O) groups excluding carboxylic acids is 1. The predicted octanol–water partition coefficient (Wildman–Crippen LogP) is 3.06. The van der Waals surface area contributed by atoms with Crippen molar-refractivity contribution in [3.8, 4) is 5.75 Å². The molecule has 0 bridgehead atoms. The van der Waals surface area contributed by atoms with Crippen LogP contribution in [0, 0.1) is 0 Å². The molecule has 0 spiro atoms. The minimum Gasteiger partial charge on any atom is -0.387 e. The van der Waals surface area contributed by atoms with Crippen molar-refractivity contribution in [3.05, 3.63) is 64.7 Å². The van der Waals surface area contributed by atoms with Crippen LogP contribution in [0.4, 0.5) is 0 Å². The predicted molar refractivity (Wildman–Crippen MR) is 91.8 cm³/mol. The first-order chi connectivity index (χ1) is 11.5. The number of aliphatic hydroxyl groups is 1. The SMILES string of the molecule is CC(=O)OOc1ccc(CCNCC(O)c2cccc(Cl)c2)cc1. The fourth-order valence-corrected chi connectivity index (χ4v) is 2.32. The second-order valence-corrected chi connectivity index (χ2v) is 5.76. The number of hydrogen-bond acceptors (Lipinski definition) is 5. The minimum atomic E-state index is -0.594. The third-order valence-electron chi connectivity index (χ3n) is 3.34. The van der Waals surface area contributed by atoms with Crippen LogP contribution in [0.3, 0.4) is 0 Å². The molecule has 0 aliphatic rings. The van der Waals surface area contributed by atoms with Crippen LogP contribution in [0.2, 0.25) is 5.02 Å². The molecule has 0 fully saturated rings. The van der Waals surface area contributed by atoms with Gasteiger partial charge in [0.25, 0.3) is 0 Å². The van der Waals surface area contributed by atoms with Crippen molar-refractivity contribution in [3.63, 3.8) is 0 Å². The van der Waals surface area contributed by atoms with E-state index in [1.165, 1.54) is 6.92 Å². The Bertz CT molecular complexity index is 660. The van der Waals surface area contributed by atoms with Crippen molar-refractivity contribution in [1.82, 2.24) is 5.32 Å². The first-order valence-electron chi connectivity index (χ1n) is 7.63. The van der Waals surface area contributed by atoms with Crippen LogP contribution in [0.1, 0.15) is 24.2 Å². The van der Waals surface area contributed by atoms with Crippen LogP contribution in [-0.2, 0) is 16.1 Å². The van der Waals surface area contributed by atoms with Gasteiger partial charge in [0, 0.05) is 18.5 Å². The molecular weight excluding hydrogens is 330 g/mol. The van der Waals surface area contributed by atoms with E-state index in [4.69, 9.17) is 16.5 Å². The van der Waals surface area contributed by atoms with Crippen LogP contribution in [0.15, 0.2) is 48.5 Å². The number of aliphatic hydroxyl groups excluding tert-OH is 1. The molecule has 1 unspecified atom stereocenters. The van der Waals surface area contributed by atoms with Gasteiger partial charge in [0.2, 0.25) is 0 Å². The monoisotopic (exact) mass is 349 g/mol. The zero-order valence-electron chi connectivity index (χ0n) is 13.4. The summed E-state index contributed by atoms with van der Waals surface area (Å²) in [7, 11) is 0. The molecule has 1 atom stereocenters. The van der Waals surface area contributed by atoms with E-state index in [0.29, 0.717) is 17.3 Å². The quantitative estimate of drug-likeness (QED) is 0.435. The fourth-order valence-electron chi connectivity index (χ4n) is 2.12. The molecule has 5 nitrogen and oxygen atoms in total. The Balaban J connectivity index is 1.71. The summed E-state index contributed by atoms with van der Waals surface area (Å²) in [5.41, 5.74) is 1.90. The van der Waals surface area contributed by atoms with Crippen molar-refractivity contribution >= 4 is 17.6 Å². The van der Waals surface area contributed by atoms with Crippen molar-refractivity contribution < 1.29 is 19.7 Å². The highest BCUT2D eigenvalue weighted by Gasteiger charge is 2.07. The van der Waals surface area contributed by atoms with Gasteiger partial charge in [0.05, 0.1) is 6.10 Å². The Kier molecular flexibility index (Phi) is 7.06. The van der Waals surface area contributed by atoms with E-state index in [1.54, 1.807) is 24.3 Å². The molecular formula is C18H20ClNO4. The number of benzene rings is 2. The van der Waals surface area contributed by atoms with Crippen molar-refractivity contribution in [2.24, 2.45) is 0 Å². The summed E-state index contributed by atoms with van der Waals surface area (Å²) in [6.45, 7) is 2.45. The minimum absolute atomic E-state index is 0.452. The molecule has 24 heavy (non-hydrogen) atoms. The molecule has 2 rings (SSSR count). The normalized spacial score (nSPS) is 11.8. The van der Waals surface area contributed by atoms with Gasteiger partial charge < -0.3 is 10.4 Å². The fraction of sp³-hybridized carbons (Fsp3) is 0.278. The summed E-state index contributed by atoms with van der Waals surface area (Å²) in [5.74, 6) is -0.0279. The smallest absolute Gasteiger partial charge is 0.352 e. The summed E-state index contributed by atoms with van der Waals surface area (Å²) < 4.78 is 0. The van der Waals surface area contributed by atoms with Crippen LogP contribution < -0.4 is 10.2 Å². The molecule has 2 aromatic carbocycles. The van der Waals surface area contributed by atoms with Crippen molar-refractivity contribution in [2.75, 3.05) is 13.1 Å². The Morgan fingerprint density at radius 1 is 1.25 bits per heavy atom. The molecule has 0 aliphatic carbocycles. The zero-order valence-corrected chi connectivity index (χ0v) is 14.1. The van der Waals surface area contributed by atoms with Gasteiger partial charge in [-0.05, 0) is 48.4 Å². The summed E-state index contributed by atoms with van der Waals surface area (Å²) in [6, 6.07) is 14.5. The van der Waals surface area contributed by atoms with Gasteiger partial charge in [-0.3, -0.25) is 9.78 Å². The van der Waals surface area contributed by atoms with Crippen molar-refractivity contribution in [2.45, 2.75) is 19.4 Å². The molecule has 128 valence electrons. The highest BCUT2D eigenvalue weighted by Crippen LogP contribution is 2.17. The molecule has 0 aromatic heterocycles. The van der Waals surface area contributed by atoms with Gasteiger partial charge in [-0.25, -0.2) is 4.79 Å². The first-order valence-corrected chi connectivity index (χ1v) is 8.00. The van der Waals surface area contributed by atoms with Crippen molar-refractivity contribution in [1.29, 1.82) is 0 Å². The Morgan fingerprint density at radius 3 is 2.67 bits per heavy atom. The largest absolute Gasteiger partial charge is 0.387 e. The van der Waals surface area contributed by atoms with Crippen LogP contribution in [-0.4, -0.2) is 24.2 Å². The third-order valence-corrected chi connectivity index (χ3v) is 3.58. The number of halogens is 1. The number of hydrogen-bond donors (Lipinski definition) is 2. The molecule has 2 N–H and O–H groups in total. The van der Waals surface area contributed by atoms with Gasteiger partial charge in [0.1, 0.15) is 0 Å². The van der Waals surface area contributed by atoms with E-state index in [0.717, 1.165) is 24.1 Å². The van der Waals surface area contributed by atoms with Crippen LogP contribution in [0.25, 0.3) is 0 Å². The second-order valence-electron chi connectivity index (χ2n) is 5.33. The third kappa shape index (κ3) is 6.20. The number of carbonyl (C=O) groups is 1. The average Bonchev–Trinajstić information content (AvgIpc) is 2.57. The van der Waals surface area contributed by atoms with Gasteiger partial charge in [-0.1, -0.05) is 35.9 Å². The lowest BCUT2D eigenvalue weighted by molar-refractivity contribution is -0.210. The van der Waals surface area contributed by atoms with Crippen LogP contribution >= 0.6 is 11.6 Å². The molecule has 0 heterocycles. The van der Waals surface area contributed by atoms with E-state index in [9.17, 15) is 9.90 Å². The molecule has 0 aliphatic heterocycles. The summed E-state index contributed by atoms with van der Waals surface area (Å²) in [6.07, 6.45) is 0.207. The Hall–Kier alpha value is -2.08. The lowest BCUT2D eigenvalue weighted by Crippen LogP contribution is -2.23. The topological polar surface area (TPSA) is 67.8 Å². The Morgan fingerprint density at radius 2 is 2.00 bits per heavy atom. The molecule has 0 saturated heterocycles. The standard InChI is InChI=1S/C18H20ClNO4/c1-13(21)23-24-17-7-5-14(6-8-17)9-10-20-12-18(22)15-3-2-4-16(19)11-15/h2-8,11,18,20,22H,9-10,12H2,1H3. The van der Waals surface area contributed by atoms with Gasteiger partial charge in [-0.2, -0.15) is 0 Å². The summed E-state index contributed by atoms with van der Waals surface area (Å²) >= 11 is 5.91. The molecule has 0 radical (unpaired) electrons. The molecule has 0 amide bonds. The maximum Gasteiger partial charge on any atom is 0.352 e. The summed E-state index contributed by atoms with van der Waals surface area (Å²) in [5, 5.41) is 13.9. The second kappa shape index (κ2) is 9.27. The van der Waals surface area contributed by atoms with E-state index < -0.39 is 12.1 Å². The zero-order chi connectivity index (χ0) is 17.4. The van der Waals surface area contributed by atoms with Gasteiger partial charge >= 0.3 is 5.97 Å². The highest BCUT2D eigenvalue weighted by molar-refractivity contribution is 6.30. The highest BCUT2D eigenvalue weighted by atomic mass is 35.5. The van der Waals surface area contributed by atoms with E-state index in [1.807, 2.05) is 24.3 Å². The Labute approximate surface area is 146 Å². The number of rotatable bonds is 8. The molecule has 6 heteroatoms. The first kappa shape index (κ1) is 18.3. The average molecular weight is 350 g/mol. The maximum atomic E-state index is 10.7. The van der Waals surface area contributed by atoms with Gasteiger partial charge in [0.15, 0.2) is 5.75 Å². The number of nitrogens with one attached hydrogen (secondary N) is 1. The lowest BCUT2D eigenvalue weighted by atomic mass is 10.1. The van der Waals surface area contributed by atoms with Crippen LogP contribution in [0.5, 0.6) is 5.75 Å². The lowest BCUT2D eigenvalue weighted by Gasteiger charge is -2.12. The molecule has 2 aromatic rings. The summed E-state index contributed by atoms with van der Waals surface area (Å²) in [4.78, 5) is 19.9. The van der Waals surface area contributed by atoms with E-state index in [-0.39, 0.29) is 0 Å².